The Balaban J connectivity index is 1.53. The van der Waals surface area contributed by atoms with E-state index >= 15 is 0 Å². The van der Waals surface area contributed by atoms with Crippen LogP contribution in [0.2, 0.25) is 0 Å². The molecule has 0 aliphatic carbocycles. The summed E-state index contributed by atoms with van der Waals surface area (Å²) in [4.78, 5) is 31.2. The molecule has 1 fully saturated rings. The van der Waals surface area contributed by atoms with E-state index in [1.165, 1.54) is 17.4 Å². The lowest BCUT2D eigenvalue weighted by atomic mass is 10.1. The second-order valence-electron chi connectivity index (χ2n) is 8.02. The van der Waals surface area contributed by atoms with Crippen LogP contribution in [0.4, 0.5) is 11.4 Å². The van der Waals surface area contributed by atoms with Crippen LogP contribution in [0.5, 0.6) is 11.5 Å². The molecule has 1 aromatic heterocycles. The van der Waals surface area contributed by atoms with Crippen molar-refractivity contribution in [3.8, 4) is 11.5 Å². The van der Waals surface area contributed by atoms with Gasteiger partial charge in [0, 0.05) is 43.4 Å². The summed E-state index contributed by atoms with van der Waals surface area (Å²) in [5.41, 5.74) is 1.62. The number of nitro benzene ring substituents is 1. The molecule has 5 rings (SSSR count). The first-order valence-corrected chi connectivity index (χ1v) is 11.9. The lowest BCUT2D eigenvalue weighted by Gasteiger charge is -2.28. The smallest absolute Gasteiger partial charge is 0.293 e. The first-order chi connectivity index (χ1) is 16.0. The number of aromatic nitrogens is 1. The molecule has 2 aliphatic heterocycles. The van der Waals surface area contributed by atoms with Crippen LogP contribution in [0.1, 0.15) is 36.5 Å². The Bertz CT molecular complexity index is 1310. The Morgan fingerprint density at radius 2 is 1.85 bits per heavy atom. The van der Waals surface area contributed by atoms with Crippen LogP contribution < -0.4 is 19.2 Å². The Kier molecular flexibility index (Phi) is 5.76. The van der Waals surface area contributed by atoms with Crippen molar-refractivity contribution >= 4 is 38.8 Å². The molecular weight excluding hydrogens is 444 g/mol. The van der Waals surface area contributed by atoms with Gasteiger partial charge in [0.05, 0.1) is 15.1 Å². The number of benzene rings is 2. The number of aryl methyl sites for hydroxylation is 1. The second-order valence-corrected chi connectivity index (χ2v) is 9.03. The van der Waals surface area contributed by atoms with Gasteiger partial charge in [-0.25, -0.2) is 0 Å². The molecule has 0 unspecified atom stereocenters. The number of anilines is 1. The van der Waals surface area contributed by atoms with Crippen LogP contribution in [-0.4, -0.2) is 41.7 Å². The number of carbonyl (C=O) groups excluding carboxylic acids is 1. The van der Waals surface area contributed by atoms with Gasteiger partial charge in [-0.2, -0.15) is 4.99 Å². The van der Waals surface area contributed by atoms with Crippen LogP contribution in [0, 0.1) is 10.1 Å². The number of fused-ring (bicyclic) bond motifs is 2. The van der Waals surface area contributed by atoms with Gasteiger partial charge in [-0.1, -0.05) is 11.3 Å². The zero-order valence-electron chi connectivity index (χ0n) is 18.3. The standard InChI is InChI=1S/C23H24N4O5S/c1-2-26-18-13-19-20(32-11-10-31-19)14-21(18)33-23(26)24-22(28)15-6-7-16(17(12-15)27(29)30)25-8-4-3-5-9-25/h6-7,12-14H,2-5,8-11H2,1H3. The van der Waals surface area contributed by atoms with Crippen molar-refractivity contribution in [3.05, 3.63) is 50.8 Å². The van der Waals surface area contributed by atoms with Crippen molar-refractivity contribution in [1.82, 2.24) is 4.57 Å². The van der Waals surface area contributed by atoms with Gasteiger partial charge < -0.3 is 18.9 Å². The van der Waals surface area contributed by atoms with E-state index in [4.69, 9.17) is 9.47 Å². The summed E-state index contributed by atoms with van der Waals surface area (Å²) < 4.78 is 14.2. The largest absolute Gasteiger partial charge is 0.486 e. The van der Waals surface area contributed by atoms with Gasteiger partial charge in [0.25, 0.3) is 11.6 Å². The molecule has 33 heavy (non-hydrogen) atoms. The average molecular weight is 469 g/mol. The molecule has 0 atom stereocenters. The number of ether oxygens (including phenoxy) is 2. The third-order valence-electron chi connectivity index (χ3n) is 5.98. The number of thiazole rings is 1. The number of rotatable bonds is 4. The van der Waals surface area contributed by atoms with E-state index < -0.39 is 10.8 Å². The van der Waals surface area contributed by atoms with Crippen molar-refractivity contribution in [1.29, 1.82) is 0 Å². The lowest BCUT2D eigenvalue weighted by molar-refractivity contribution is -0.384. The maximum atomic E-state index is 13.0. The van der Waals surface area contributed by atoms with Crippen molar-refractivity contribution in [2.24, 2.45) is 4.99 Å². The quantitative estimate of drug-likeness (QED) is 0.422. The van der Waals surface area contributed by atoms with E-state index in [2.05, 4.69) is 4.99 Å². The molecule has 1 amide bonds. The maximum Gasteiger partial charge on any atom is 0.293 e. The normalized spacial score (nSPS) is 16.3. The first kappa shape index (κ1) is 21.4. The number of carbonyl (C=O) groups is 1. The van der Waals surface area contributed by atoms with Gasteiger partial charge in [-0.15, -0.1) is 0 Å². The number of hydrogen-bond donors (Lipinski definition) is 0. The highest BCUT2D eigenvalue weighted by Gasteiger charge is 2.23. The fourth-order valence-corrected chi connectivity index (χ4v) is 5.46. The van der Waals surface area contributed by atoms with Gasteiger partial charge in [0.1, 0.15) is 18.9 Å². The minimum Gasteiger partial charge on any atom is -0.486 e. The molecule has 2 aromatic carbocycles. The third kappa shape index (κ3) is 4.06. The van der Waals surface area contributed by atoms with Crippen LogP contribution in [0.3, 0.4) is 0 Å². The molecule has 0 bridgehead atoms. The van der Waals surface area contributed by atoms with E-state index in [0.29, 0.717) is 41.7 Å². The fourth-order valence-electron chi connectivity index (χ4n) is 4.35. The minimum atomic E-state index is -0.505. The average Bonchev–Trinajstić information content (AvgIpc) is 3.18. The van der Waals surface area contributed by atoms with Crippen molar-refractivity contribution in [2.45, 2.75) is 32.7 Å². The monoisotopic (exact) mass is 468 g/mol. The highest BCUT2D eigenvalue weighted by atomic mass is 32.1. The Morgan fingerprint density at radius 3 is 2.55 bits per heavy atom. The Labute approximate surface area is 194 Å². The maximum absolute atomic E-state index is 13.0. The first-order valence-electron chi connectivity index (χ1n) is 11.1. The molecule has 0 N–H and O–H groups in total. The van der Waals surface area contributed by atoms with E-state index in [9.17, 15) is 14.9 Å². The zero-order chi connectivity index (χ0) is 22.9. The zero-order valence-corrected chi connectivity index (χ0v) is 19.1. The number of piperidine rings is 1. The van der Waals surface area contributed by atoms with Gasteiger partial charge in [0.15, 0.2) is 16.3 Å². The molecular formula is C23H24N4O5S. The predicted molar refractivity (Wildman–Crippen MR) is 126 cm³/mol. The van der Waals surface area contributed by atoms with Gasteiger partial charge in [0.2, 0.25) is 0 Å². The van der Waals surface area contributed by atoms with Gasteiger partial charge in [-0.05, 0) is 38.3 Å². The molecule has 0 spiro atoms. The summed E-state index contributed by atoms with van der Waals surface area (Å²) in [7, 11) is 0. The van der Waals surface area contributed by atoms with E-state index in [1.54, 1.807) is 12.1 Å². The molecule has 3 aromatic rings. The summed E-state index contributed by atoms with van der Waals surface area (Å²) in [5, 5.41) is 11.8. The number of nitrogens with zero attached hydrogens (tertiary/aromatic N) is 4. The lowest BCUT2D eigenvalue weighted by Crippen LogP contribution is -2.30. The fraction of sp³-hybridized carbons (Fsp3) is 0.391. The molecule has 2 aliphatic rings. The summed E-state index contributed by atoms with van der Waals surface area (Å²) in [6, 6.07) is 8.47. The highest BCUT2D eigenvalue weighted by molar-refractivity contribution is 7.16. The van der Waals surface area contributed by atoms with Crippen molar-refractivity contribution in [3.63, 3.8) is 0 Å². The summed E-state index contributed by atoms with van der Waals surface area (Å²) in [6.07, 6.45) is 3.15. The summed E-state index contributed by atoms with van der Waals surface area (Å²) in [6.45, 7) is 5.16. The van der Waals surface area contributed by atoms with E-state index in [-0.39, 0.29) is 11.3 Å². The predicted octanol–water partition coefficient (Wildman–Crippen LogP) is 4.13. The molecule has 3 heterocycles. The topological polar surface area (TPSA) is 99.2 Å². The Hall–Kier alpha value is -3.40. The Morgan fingerprint density at radius 1 is 1.12 bits per heavy atom. The SMILES string of the molecule is CCn1c(=NC(=O)c2ccc(N3CCCCC3)c([N+](=O)[O-])c2)sc2cc3c(cc21)OCCO3. The molecule has 10 heteroatoms. The molecule has 9 nitrogen and oxygen atoms in total. The number of hydrogen-bond acceptors (Lipinski definition) is 7. The van der Waals surface area contributed by atoms with Crippen LogP contribution in [-0.2, 0) is 6.54 Å². The van der Waals surface area contributed by atoms with Crippen LogP contribution >= 0.6 is 11.3 Å². The van der Waals surface area contributed by atoms with E-state index in [1.807, 2.05) is 28.5 Å². The van der Waals surface area contributed by atoms with Crippen molar-refractivity contribution in [2.75, 3.05) is 31.2 Å². The van der Waals surface area contributed by atoms with Crippen LogP contribution in [0.15, 0.2) is 35.3 Å². The summed E-state index contributed by atoms with van der Waals surface area (Å²) in [5.74, 6) is 0.852. The number of nitro groups is 1. The third-order valence-corrected chi connectivity index (χ3v) is 7.02. The second kappa shape index (κ2) is 8.86. The molecule has 172 valence electrons. The molecule has 0 saturated carbocycles. The molecule has 1 saturated heterocycles. The summed E-state index contributed by atoms with van der Waals surface area (Å²) >= 11 is 1.38. The van der Waals surface area contributed by atoms with Gasteiger partial charge >= 0.3 is 0 Å². The minimum absolute atomic E-state index is 0.0559. The van der Waals surface area contributed by atoms with Crippen molar-refractivity contribution < 1.29 is 19.2 Å². The van der Waals surface area contributed by atoms with Crippen LogP contribution in [0.25, 0.3) is 10.2 Å². The van der Waals surface area contributed by atoms with Gasteiger partial charge in [-0.3, -0.25) is 14.9 Å². The number of amides is 1. The van der Waals surface area contributed by atoms with E-state index in [0.717, 1.165) is 42.6 Å². The molecule has 0 radical (unpaired) electrons. The highest BCUT2D eigenvalue weighted by Crippen LogP contribution is 2.36.